The predicted octanol–water partition coefficient (Wildman–Crippen LogP) is 0.573. The fourth-order valence-corrected chi connectivity index (χ4v) is 0.794. The summed E-state index contributed by atoms with van der Waals surface area (Å²) < 4.78 is 8.86. The second-order valence-corrected chi connectivity index (χ2v) is 2.49. The van der Waals surface area contributed by atoms with Gasteiger partial charge in [0.1, 0.15) is 6.26 Å². The zero-order valence-corrected chi connectivity index (χ0v) is 8.73. The van der Waals surface area contributed by atoms with Crippen molar-refractivity contribution in [1.82, 2.24) is 0 Å². The van der Waals surface area contributed by atoms with E-state index < -0.39 is 18.0 Å². The van der Waals surface area contributed by atoms with Crippen LogP contribution in [0.5, 0.6) is 0 Å². The van der Waals surface area contributed by atoms with Gasteiger partial charge < -0.3 is 14.4 Å². The molecule has 0 aromatic rings. The topological polar surface area (TPSA) is 71.1 Å². The normalized spacial score (nSPS) is 11.3. The first-order valence-electron chi connectivity index (χ1n) is 4.23. The molecule has 0 spiro atoms. The SMILES string of the molecule is C=COOC(CCC(=O)OC)C(=O)OC. The molecule has 6 nitrogen and oxygen atoms in total. The molecular weight excluding hydrogens is 204 g/mol. The Kier molecular flexibility index (Phi) is 7.00. The van der Waals surface area contributed by atoms with E-state index in [0.717, 1.165) is 6.26 Å². The zero-order chi connectivity index (χ0) is 11.7. The van der Waals surface area contributed by atoms with Gasteiger partial charge in [-0.1, -0.05) is 6.58 Å². The summed E-state index contributed by atoms with van der Waals surface area (Å²) in [6.07, 6.45) is 0.213. The molecule has 0 aromatic carbocycles. The van der Waals surface area contributed by atoms with Crippen LogP contribution in [0.4, 0.5) is 0 Å². The highest BCUT2D eigenvalue weighted by atomic mass is 17.2. The van der Waals surface area contributed by atoms with E-state index >= 15 is 0 Å². The molecule has 0 fully saturated rings. The van der Waals surface area contributed by atoms with Crippen LogP contribution >= 0.6 is 0 Å². The van der Waals surface area contributed by atoms with Crippen molar-refractivity contribution in [3.05, 3.63) is 12.8 Å². The fraction of sp³-hybridized carbons (Fsp3) is 0.556. The maximum atomic E-state index is 11.1. The van der Waals surface area contributed by atoms with Gasteiger partial charge in [0, 0.05) is 6.42 Å². The lowest BCUT2D eigenvalue weighted by Gasteiger charge is -2.12. The van der Waals surface area contributed by atoms with E-state index in [4.69, 9.17) is 0 Å². The maximum absolute atomic E-state index is 11.1. The lowest BCUT2D eigenvalue weighted by molar-refractivity contribution is -0.282. The van der Waals surface area contributed by atoms with Crippen molar-refractivity contribution in [3.8, 4) is 0 Å². The molecule has 0 N–H and O–H groups in total. The van der Waals surface area contributed by atoms with Crippen LogP contribution in [0.3, 0.4) is 0 Å². The molecule has 0 rings (SSSR count). The van der Waals surface area contributed by atoms with Gasteiger partial charge in [0.25, 0.3) is 0 Å². The van der Waals surface area contributed by atoms with Crippen LogP contribution in [0.15, 0.2) is 12.8 Å². The number of rotatable bonds is 7. The van der Waals surface area contributed by atoms with Gasteiger partial charge in [0.2, 0.25) is 6.10 Å². The van der Waals surface area contributed by atoms with E-state index in [1.165, 1.54) is 14.2 Å². The molecule has 0 radical (unpaired) electrons. The number of methoxy groups -OCH3 is 2. The molecule has 1 unspecified atom stereocenters. The maximum Gasteiger partial charge on any atom is 0.339 e. The number of carbonyl (C=O) groups excluding carboxylic acids is 2. The number of hydrogen-bond donors (Lipinski definition) is 0. The Hall–Kier alpha value is -1.56. The highest BCUT2D eigenvalue weighted by Gasteiger charge is 2.22. The van der Waals surface area contributed by atoms with Crippen molar-refractivity contribution in [2.75, 3.05) is 14.2 Å². The first-order valence-corrected chi connectivity index (χ1v) is 4.23. The van der Waals surface area contributed by atoms with Crippen molar-refractivity contribution in [3.63, 3.8) is 0 Å². The Morgan fingerprint density at radius 1 is 1.33 bits per heavy atom. The Bertz CT molecular complexity index is 225. The lowest BCUT2D eigenvalue weighted by atomic mass is 10.2. The highest BCUT2D eigenvalue weighted by molar-refractivity contribution is 5.76. The molecule has 0 saturated carbocycles. The summed E-state index contributed by atoms with van der Waals surface area (Å²) in [7, 11) is 2.47. The Morgan fingerprint density at radius 2 is 2.00 bits per heavy atom. The molecular formula is C9H14O6. The second kappa shape index (κ2) is 7.81. The third kappa shape index (κ3) is 5.69. The average Bonchev–Trinajstić information content (AvgIpc) is 2.27. The molecule has 0 aromatic heterocycles. The molecule has 0 heterocycles. The summed E-state index contributed by atoms with van der Waals surface area (Å²) in [6, 6.07) is 0. The van der Waals surface area contributed by atoms with Gasteiger partial charge in [0.05, 0.1) is 14.2 Å². The minimum absolute atomic E-state index is 0.0385. The van der Waals surface area contributed by atoms with Gasteiger partial charge >= 0.3 is 11.9 Å². The van der Waals surface area contributed by atoms with Crippen molar-refractivity contribution < 1.29 is 28.8 Å². The third-order valence-corrected chi connectivity index (χ3v) is 1.54. The molecule has 0 aliphatic heterocycles. The van der Waals surface area contributed by atoms with Crippen LogP contribution in [0.1, 0.15) is 12.8 Å². The standard InChI is InChI=1S/C9H14O6/c1-4-14-15-7(9(11)13-3)5-6-8(10)12-2/h4,7H,1,5-6H2,2-3H3. The molecule has 0 amide bonds. The fourth-order valence-electron chi connectivity index (χ4n) is 0.794. The first kappa shape index (κ1) is 13.4. The van der Waals surface area contributed by atoms with Crippen molar-refractivity contribution in [2.45, 2.75) is 18.9 Å². The largest absolute Gasteiger partial charge is 0.469 e. The summed E-state index contributed by atoms with van der Waals surface area (Å²) in [5.41, 5.74) is 0. The van der Waals surface area contributed by atoms with Gasteiger partial charge in [-0.2, -0.15) is 4.89 Å². The molecule has 0 saturated heterocycles. The van der Waals surface area contributed by atoms with Crippen LogP contribution in [0.2, 0.25) is 0 Å². The van der Waals surface area contributed by atoms with Crippen molar-refractivity contribution in [2.24, 2.45) is 0 Å². The second-order valence-electron chi connectivity index (χ2n) is 2.49. The van der Waals surface area contributed by atoms with Gasteiger partial charge in [-0.15, -0.1) is 0 Å². The van der Waals surface area contributed by atoms with E-state index in [1.54, 1.807) is 0 Å². The highest BCUT2D eigenvalue weighted by Crippen LogP contribution is 2.06. The average molecular weight is 218 g/mol. The molecule has 0 aliphatic rings. The summed E-state index contributed by atoms with van der Waals surface area (Å²) in [5.74, 6) is -1.06. The van der Waals surface area contributed by atoms with E-state index in [-0.39, 0.29) is 12.8 Å². The molecule has 15 heavy (non-hydrogen) atoms. The number of carbonyl (C=O) groups is 2. The van der Waals surface area contributed by atoms with E-state index in [2.05, 4.69) is 25.8 Å². The quantitative estimate of drug-likeness (QED) is 0.269. The van der Waals surface area contributed by atoms with E-state index in [0.29, 0.717) is 0 Å². The van der Waals surface area contributed by atoms with E-state index in [1.807, 2.05) is 0 Å². The summed E-state index contributed by atoms with van der Waals surface area (Å²) >= 11 is 0. The number of hydrogen-bond acceptors (Lipinski definition) is 6. The number of esters is 2. The molecule has 0 aliphatic carbocycles. The molecule has 6 heteroatoms. The summed E-state index contributed by atoms with van der Waals surface area (Å²) in [4.78, 5) is 30.9. The first-order chi connectivity index (χ1) is 7.15. The number of ether oxygens (including phenoxy) is 2. The van der Waals surface area contributed by atoms with Crippen LogP contribution < -0.4 is 0 Å². The minimum Gasteiger partial charge on any atom is -0.469 e. The minimum atomic E-state index is -0.966. The van der Waals surface area contributed by atoms with Crippen LogP contribution in [0.25, 0.3) is 0 Å². The van der Waals surface area contributed by atoms with E-state index in [9.17, 15) is 9.59 Å². The van der Waals surface area contributed by atoms with Crippen molar-refractivity contribution >= 4 is 11.9 Å². The van der Waals surface area contributed by atoms with Crippen LogP contribution in [0, 0.1) is 0 Å². The van der Waals surface area contributed by atoms with Crippen molar-refractivity contribution in [1.29, 1.82) is 0 Å². The summed E-state index contributed by atoms with van der Waals surface area (Å²) in [5, 5.41) is 0. The van der Waals surface area contributed by atoms with Gasteiger partial charge in [0.15, 0.2) is 0 Å². The Morgan fingerprint density at radius 3 is 2.47 bits per heavy atom. The monoisotopic (exact) mass is 218 g/mol. The van der Waals surface area contributed by atoms with Gasteiger partial charge in [-0.3, -0.25) is 4.79 Å². The smallest absolute Gasteiger partial charge is 0.339 e. The van der Waals surface area contributed by atoms with Gasteiger partial charge in [-0.25, -0.2) is 4.79 Å². The molecule has 86 valence electrons. The Balaban J connectivity index is 4.05. The predicted molar refractivity (Wildman–Crippen MR) is 49.4 cm³/mol. The Labute approximate surface area is 87.7 Å². The van der Waals surface area contributed by atoms with Gasteiger partial charge in [-0.05, 0) is 6.42 Å². The zero-order valence-electron chi connectivity index (χ0n) is 8.73. The lowest BCUT2D eigenvalue weighted by Crippen LogP contribution is -2.26. The van der Waals surface area contributed by atoms with Crippen LogP contribution in [-0.2, 0) is 28.8 Å². The summed E-state index contributed by atoms with van der Waals surface area (Å²) in [6.45, 7) is 3.24. The molecule has 0 bridgehead atoms. The molecule has 1 atom stereocenters. The third-order valence-electron chi connectivity index (χ3n) is 1.54. The van der Waals surface area contributed by atoms with Crippen LogP contribution in [-0.4, -0.2) is 32.3 Å².